The molecule has 2 fully saturated rings. The standard InChI is InChI=1S/C20H30N4O2S/c1-19(2,3)15-4-6-20(7-5-15)14-16(22-26-20)17(25)23-9-11-24(12-10-23)18-21-8-13-27-18/h8,13,15H,4-7,9-12,14H2,1-3H3/t15-,20-. The van der Waals surface area contributed by atoms with Crippen LogP contribution in [0.5, 0.6) is 0 Å². The lowest BCUT2D eigenvalue weighted by Crippen LogP contribution is -2.51. The predicted octanol–water partition coefficient (Wildman–Crippen LogP) is 3.54. The van der Waals surface area contributed by atoms with Crippen molar-refractivity contribution in [3.05, 3.63) is 11.6 Å². The fourth-order valence-electron chi connectivity index (χ4n) is 4.57. The summed E-state index contributed by atoms with van der Waals surface area (Å²) in [5.74, 6) is 0.786. The molecular weight excluding hydrogens is 360 g/mol. The molecule has 27 heavy (non-hydrogen) atoms. The largest absolute Gasteiger partial charge is 0.388 e. The molecule has 0 atom stereocenters. The van der Waals surface area contributed by atoms with Crippen LogP contribution in [0.15, 0.2) is 16.7 Å². The molecule has 0 radical (unpaired) electrons. The summed E-state index contributed by atoms with van der Waals surface area (Å²) >= 11 is 1.65. The van der Waals surface area contributed by atoms with E-state index in [-0.39, 0.29) is 11.5 Å². The van der Waals surface area contributed by atoms with Gasteiger partial charge in [-0.1, -0.05) is 25.9 Å². The lowest BCUT2D eigenvalue weighted by molar-refractivity contribution is -0.124. The zero-order valence-electron chi connectivity index (χ0n) is 16.6. The van der Waals surface area contributed by atoms with Crippen LogP contribution in [-0.2, 0) is 9.63 Å². The summed E-state index contributed by atoms with van der Waals surface area (Å²) in [6.45, 7) is 10.1. The van der Waals surface area contributed by atoms with Crippen molar-refractivity contribution in [3.63, 3.8) is 0 Å². The van der Waals surface area contributed by atoms with Crippen LogP contribution in [0.1, 0.15) is 52.9 Å². The first kappa shape index (κ1) is 18.7. The van der Waals surface area contributed by atoms with E-state index in [0.29, 0.717) is 17.5 Å². The van der Waals surface area contributed by atoms with Crippen LogP contribution < -0.4 is 4.90 Å². The number of nitrogens with zero attached hydrogens (tertiary/aromatic N) is 4. The Morgan fingerprint density at radius 2 is 1.93 bits per heavy atom. The number of thiazole rings is 1. The molecule has 2 aliphatic heterocycles. The Morgan fingerprint density at radius 1 is 1.22 bits per heavy atom. The van der Waals surface area contributed by atoms with Crippen LogP contribution in [0.2, 0.25) is 0 Å². The average molecular weight is 391 g/mol. The van der Waals surface area contributed by atoms with Crippen molar-refractivity contribution in [2.75, 3.05) is 31.1 Å². The molecular formula is C20H30N4O2S. The van der Waals surface area contributed by atoms with E-state index in [4.69, 9.17) is 4.84 Å². The molecule has 0 unspecified atom stereocenters. The van der Waals surface area contributed by atoms with Gasteiger partial charge in [-0.25, -0.2) is 4.98 Å². The molecule has 1 saturated carbocycles. The number of piperazine rings is 1. The van der Waals surface area contributed by atoms with Gasteiger partial charge in [0.15, 0.2) is 5.13 Å². The predicted molar refractivity (Wildman–Crippen MR) is 108 cm³/mol. The van der Waals surface area contributed by atoms with Crippen molar-refractivity contribution in [3.8, 4) is 0 Å². The van der Waals surface area contributed by atoms with Gasteiger partial charge in [0.05, 0.1) is 0 Å². The lowest BCUT2D eigenvalue weighted by Gasteiger charge is -2.40. The molecule has 148 valence electrons. The minimum absolute atomic E-state index is 0.0589. The quantitative estimate of drug-likeness (QED) is 0.775. The minimum atomic E-state index is -0.227. The number of hydrogen-bond acceptors (Lipinski definition) is 6. The van der Waals surface area contributed by atoms with Gasteiger partial charge in [-0.3, -0.25) is 4.79 Å². The third-order valence-electron chi connectivity index (χ3n) is 6.46. The highest BCUT2D eigenvalue weighted by Crippen LogP contribution is 2.46. The molecule has 3 heterocycles. The van der Waals surface area contributed by atoms with Crippen molar-refractivity contribution in [1.29, 1.82) is 0 Å². The first-order valence-corrected chi connectivity index (χ1v) is 10.9. The number of oxime groups is 1. The number of anilines is 1. The lowest BCUT2D eigenvalue weighted by atomic mass is 9.67. The zero-order chi connectivity index (χ0) is 19.1. The highest BCUT2D eigenvalue weighted by molar-refractivity contribution is 7.13. The van der Waals surface area contributed by atoms with Crippen molar-refractivity contribution >= 4 is 28.1 Å². The average Bonchev–Trinajstić information content (AvgIpc) is 3.32. The van der Waals surface area contributed by atoms with Gasteiger partial charge in [-0.2, -0.15) is 0 Å². The van der Waals surface area contributed by atoms with E-state index >= 15 is 0 Å². The van der Waals surface area contributed by atoms with E-state index < -0.39 is 0 Å². The molecule has 1 aliphatic carbocycles. The highest BCUT2D eigenvalue weighted by atomic mass is 32.1. The van der Waals surface area contributed by atoms with Crippen LogP contribution >= 0.6 is 11.3 Å². The van der Waals surface area contributed by atoms with Crippen LogP contribution in [0.3, 0.4) is 0 Å². The molecule has 0 N–H and O–H groups in total. The first-order valence-electron chi connectivity index (χ1n) is 10.1. The summed E-state index contributed by atoms with van der Waals surface area (Å²) in [4.78, 5) is 27.3. The SMILES string of the molecule is CC(C)(C)[C@H]1CC[C@]2(CC1)CC(C(=O)N1CCN(c3nccs3)CC1)=NO2. The fourth-order valence-corrected chi connectivity index (χ4v) is 5.27. The monoisotopic (exact) mass is 390 g/mol. The number of aromatic nitrogens is 1. The summed E-state index contributed by atoms with van der Waals surface area (Å²) in [5.41, 5.74) is 0.735. The Balaban J connectivity index is 1.30. The molecule has 0 aromatic carbocycles. The smallest absolute Gasteiger partial charge is 0.271 e. The van der Waals surface area contributed by atoms with Crippen molar-refractivity contribution in [1.82, 2.24) is 9.88 Å². The Hall–Kier alpha value is -1.63. The number of rotatable bonds is 2. The van der Waals surface area contributed by atoms with E-state index in [9.17, 15) is 4.79 Å². The third kappa shape index (κ3) is 3.84. The van der Waals surface area contributed by atoms with Gasteiger partial charge < -0.3 is 14.6 Å². The van der Waals surface area contributed by atoms with E-state index in [0.717, 1.165) is 62.9 Å². The second-order valence-corrected chi connectivity index (χ2v) is 10.1. The number of carbonyl (C=O) groups is 1. The molecule has 7 heteroatoms. The van der Waals surface area contributed by atoms with Crippen LogP contribution in [0.25, 0.3) is 0 Å². The maximum absolute atomic E-state index is 12.9. The van der Waals surface area contributed by atoms with Gasteiger partial charge in [-0.15, -0.1) is 11.3 Å². The number of amides is 1. The maximum atomic E-state index is 12.9. The second-order valence-electron chi connectivity index (χ2n) is 9.22. The molecule has 0 bridgehead atoms. The first-order chi connectivity index (χ1) is 12.9. The summed E-state index contributed by atoms with van der Waals surface area (Å²) in [7, 11) is 0. The van der Waals surface area contributed by atoms with Gasteiger partial charge >= 0.3 is 0 Å². The molecule has 4 rings (SSSR count). The summed E-state index contributed by atoms with van der Waals surface area (Å²) in [6.07, 6.45) is 6.84. The summed E-state index contributed by atoms with van der Waals surface area (Å²) in [5, 5.41) is 7.28. The Labute approximate surface area is 165 Å². The van der Waals surface area contributed by atoms with Crippen LogP contribution in [-0.4, -0.2) is 53.3 Å². The van der Waals surface area contributed by atoms with E-state index in [1.807, 2.05) is 16.5 Å². The topological polar surface area (TPSA) is 58.0 Å². The van der Waals surface area contributed by atoms with Gasteiger partial charge in [0.2, 0.25) is 0 Å². The molecule has 1 amide bonds. The van der Waals surface area contributed by atoms with E-state index in [2.05, 4.69) is 35.8 Å². The zero-order valence-corrected chi connectivity index (χ0v) is 17.4. The fraction of sp³-hybridized carbons (Fsp3) is 0.750. The third-order valence-corrected chi connectivity index (χ3v) is 7.30. The Morgan fingerprint density at radius 3 is 2.52 bits per heavy atom. The van der Waals surface area contributed by atoms with Gasteiger partial charge in [0.25, 0.3) is 5.91 Å². The summed E-state index contributed by atoms with van der Waals surface area (Å²) in [6, 6.07) is 0. The Kier molecular flexibility index (Phi) is 4.91. The van der Waals surface area contributed by atoms with Gasteiger partial charge in [-0.05, 0) is 37.0 Å². The van der Waals surface area contributed by atoms with Crippen molar-refractivity contribution in [2.45, 2.75) is 58.5 Å². The highest BCUT2D eigenvalue weighted by Gasteiger charge is 2.46. The molecule has 1 spiro atoms. The molecule has 1 aromatic rings. The van der Waals surface area contributed by atoms with Crippen molar-refractivity contribution in [2.24, 2.45) is 16.5 Å². The van der Waals surface area contributed by atoms with Gasteiger partial charge in [0, 0.05) is 44.2 Å². The maximum Gasteiger partial charge on any atom is 0.271 e. The number of carbonyl (C=O) groups excluding carboxylic acids is 1. The molecule has 1 aromatic heterocycles. The molecule has 6 nitrogen and oxygen atoms in total. The molecule has 1 saturated heterocycles. The minimum Gasteiger partial charge on any atom is -0.388 e. The number of hydrogen-bond donors (Lipinski definition) is 0. The van der Waals surface area contributed by atoms with E-state index in [1.165, 1.54) is 0 Å². The Bertz CT molecular complexity index is 694. The summed E-state index contributed by atoms with van der Waals surface area (Å²) < 4.78 is 0. The van der Waals surface area contributed by atoms with Crippen molar-refractivity contribution < 1.29 is 9.63 Å². The van der Waals surface area contributed by atoms with Gasteiger partial charge in [0.1, 0.15) is 11.3 Å². The normalized spacial score (nSPS) is 29.0. The molecule has 3 aliphatic rings. The second kappa shape index (κ2) is 7.08. The van der Waals surface area contributed by atoms with E-state index in [1.54, 1.807) is 11.3 Å². The van der Waals surface area contributed by atoms with Crippen LogP contribution in [0.4, 0.5) is 5.13 Å². The van der Waals surface area contributed by atoms with Crippen LogP contribution in [0, 0.1) is 11.3 Å².